The van der Waals surface area contributed by atoms with Crippen LogP contribution in [0.3, 0.4) is 0 Å². The number of hydrogen-bond acceptors (Lipinski definition) is 3. The van der Waals surface area contributed by atoms with Crippen molar-refractivity contribution in [3.63, 3.8) is 0 Å². The maximum absolute atomic E-state index is 6.22. The van der Waals surface area contributed by atoms with Gasteiger partial charge in [-0.2, -0.15) is 0 Å². The van der Waals surface area contributed by atoms with E-state index in [4.69, 9.17) is 10.5 Å². The lowest BCUT2D eigenvalue weighted by Crippen LogP contribution is -2.11. The molecule has 0 spiro atoms. The molecule has 0 aliphatic carbocycles. The van der Waals surface area contributed by atoms with Gasteiger partial charge in [-0.1, -0.05) is 12.1 Å². The van der Waals surface area contributed by atoms with Crippen molar-refractivity contribution in [3.8, 4) is 5.75 Å². The first-order valence-electron chi connectivity index (χ1n) is 5.16. The van der Waals surface area contributed by atoms with Crippen molar-refractivity contribution in [2.24, 2.45) is 5.73 Å². The average molecular weight is 270 g/mol. The highest BCUT2D eigenvalue weighted by Gasteiger charge is 2.12. The first-order valence-corrected chi connectivity index (χ1v) is 6.04. The minimum atomic E-state index is -0.0362. The third-order valence-electron chi connectivity index (χ3n) is 2.66. The zero-order valence-electron chi connectivity index (χ0n) is 9.84. The van der Waals surface area contributed by atoms with Gasteiger partial charge in [-0.05, 0) is 41.6 Å². The number of thiophene rings is 1. The SMILES string of the molecule is COc1ccc([C@@H](N)c2cccs2)c(C)c1.Cl. The normalized spacial score (nSPS) is 11.7. The topological polar surface area (TPSA) is 35.2 Å². The predicted molar refractivity (Wildman–Crippen MR) is 75.3 cm³/mol. The second-order valence-electron chi connectivity index (χ2n) is 3.72. The van der Waals surface area contributed by atoms with Crippen LogP contribution in [0.1, 0.15) is 22.0 Å². The van der Waals surface area contributed by atoms with E-state index < -0.39 is 0 Å². The maximum atomic E-state index is 6.22. The summed E-state index contributed by atoms with van der Waals surface area (Å²) in [7, 11) is 1.67. The number of benzene rings is 1. The second kappa shape index (κ2) is 6.05. The summed E-state index contributed by atoms with van der Waals surface area (Å²) in [4.78, 5) is 1.19. The number of nitrogens with two attached hydrogens (primary N) is 1. The fourth-order valence-electron chi connectivity index (χ4n) is 1.75. The third kappa shape index (κ3) is 3.00. The van der Waals surface area contributed by atoms with E-state index in [1.54, 1.807) is 18.4 Å². The number of halogens is 1. The largest absolute Gasteiger partial charge is 0.497 e. The summed E-state index contributed by atoms with van der Waals surface area (Å²) in [6.07, 6.45) is 0. The Labute approximate surface area is 112 Å². The van der Waals surface area contributed by atoms with Gasteiger partial charge in [0.05, 0.1) is 13.2 Å². The monoisotopic (exact) mass is 269 g/mol. The Morgan fingerprint density at radius 1 is 1.29 bits per heavy atom. The number of ether oxygens (including phenoxy) is 1. The zero-order chi connectivity index (χ0) is 11.5. The molecule has 92 valence electrons. The van der Waals surface area contributed by atoms with Gasteiger partial charge in [0.1, 0.15) is 5.75 Å². The van der Waals surface area contributed by atoms with E-state index in [9.17, 15) is 0 Å². The lowest BCUT2D eigenvalue weighted by atomic mass is 10.0. The molecule has 4 heteroatoms. The van der Waals surface area contributed by atoms with Crippen LogP contribution in [-0.2, 0) is 0 Å². The number of hydrogen-bond donors (Lipinski definition) is 1. The minimum absolute atomic E-state index is 0. The molecule has 0 saturated heterocycles. The van der Waals surface area contributed by atoms with Crippen LogP contribution in [0.2, 0.25) is 0 Å². The van der Waals surface area contributed by atoms with Crippen molar-refractivity contribution >= 4 is 23.7 Å². The van der Waals surface area contributed by atoms with Crippen LogP contribution in [0.25, 0.3) is 0 Å². The Hall–Kier alpha value is -1.03. The minimum Gasteiger partial charge on any atom is -0.497 e. The van der Waals surface area contributed by atoms with Crippen LogP contribution in [-0.4, -0.2) is 7.11 Å². The number of rotatable bonds is 3. The number of aryl methyl sites for hydroxylation is 1. The molecule has 0 amide bonds. The summed E-state index contributed by atoms with van der Waals surface area (Å²) < 4.78 is 5.18. The molecule has 0 radical (unpaired) electrons. The summed E-state index contributed by atoms with van der Waals surface area (Å²) in [5.74, 6) is 0.875. The summed E-state index contributed by atoms with van der Waals surface area (Å²) in [5.41, 5.74) is 8.55. The third-order valence-corrected chi connectivity index (χ3v) is 3.62. The van der Waals surface area contributed by atoms with Crippen molar-refractivity contribution < 1.29 is 4.74 Å². The molecule has 0 aliphatic heterocycles. The molecule has 2 N–H and O–H groups in total. The van der Waals surface area contributed by atoms with Crippen LogP contribution in [0.4, 0.5) is 0 Å². The molecule has 1 aromatic heterocycles. The van der Waals surface area contributed by atoms with Crippen molar-refractivity contribution in [3.05, 3.63) is 51.7 Å². The van der Waals surface area contributed by atoms with E-state index in [0.717, 1.165) is 11.3 Å². The van der Waals surface area contributed by atoms with Crippen LogP contribution >= 0.6 is 23.7 Å². The molecule has 0 saturated carbocycles. The van der Waals surface area contributed by atoms with Gasteiger partial charge in [0.2, 0.25) is 0 Å². The van der Waals surface area contributed by atoms with E-state index in [1.165, 1.54) is 10.4 Å². The van der Waals surface area contributed by atoms with Gasteiger partial charge < -0.3 is 10.5 Å². The fourth-order valence-corrected chi connectivity index (χ4v) is 2.49. The van der Waals surface area contributed by atoms with E-state index in [2.05, 4.69) is 13.0 Å². The van der Waals surface area contributed by atoms with E-state index >= 15 is 0 Å². The predicted octanol–water partition coefficient (Wildman–Crippen LogP) is 3.54. The van der Waals surface area contributed by atoms with Gasteiger partial charge in [-0.3, -0.25) is 0 Å². The van der Waals surface area contributed by atoms with Crippen molar-refractivity contribution in [2.45, 2.75) is 13.0 Å². The summed E-state index contributed by atoms with van der Waals surface area (Å²) in [6.45, 7) is 2.06. The summed E-state index contributed by atoms with van der Waals surface area (Å²) in [5, 5.41) is 2.05. The molecule has 2 nitrogen and oxygen atoms in total. The van der Waals surface area contributed by atoms with Gasteiger partial charge in [-0.25, -0.2) is 0 Å². The second-order valence-corrected chi connectivity index (χ2v) is 4.69. The van der Waals surface area contributed by atoms with Gasteiger partial charge in [0, 0.05) is 4.88 Å². The van der Waals surface area contributed by atoms with Gasteiger partial charge in [0.25, 0.3) is 0 Å². The van der Waals surface area contributed by atoms with Crippen molar-refractivity contribution in [2.75, 3.05) is 7.11 Å². The highest BCUT2D eigenvalue weighted by atomic mass is 35.5. The molecule has 17 heavy (non-hydrogen) atoms. The molecule has 0 bridgehead atoms. The Balaban J connectivity index is 0.00000144. The highest BCUT2D eigenvalue weighted by molar-refractivity contribution is 7.10. The quantitative estimate of drug-likeness (QED) is 0.925. The van der Waals surface area contributed by atoms with E-state index in [0.29, 0.717) is 0 Å². The standard InChI is InChI=1S/C13H15NOS.ClH/c1-9-8-10(15-2)5-6-11(9)13(14)12-4-3-7-16-12;/h3-8,13H,14H2,1-2H3;1H/t13-;/m1./s1. The molecule has 2 aromatic rings. The smallest absolute Gasteiger partial charge is 0.119 e. The Kier molecular flexibility index (Phi) is 5.00. The average Bonchev–Trinajstić information content (AvgIpc) is 2.81. The summed E-state index contributed by atoms with van der Waals surface area (Å²) in [6, 6.07) is 10.1. The molecule has 0 aliphatic rings. The first kappa shape index (κ1) is 14.0. The molecule has 0 unspecified atom stereocenters. The van der Waals surface area contributed by atoms with E-state index in [1.807, 2.05) is 29.6 Å². The fraction of sp³-hybridized carbons (Fsp3) is 0.231. The van der Waals surface area contributed by atoms with Crippen LogP contribution < -0.4 is 10.5 Å². The lowest BCUT2D eigenvalue weighted by Gasteiger charge is -2.14. The number of methoxy groups -OCH3 is 1. The van der Waals surface area contributed by atoms with Crippen LogP contribution in [0, 0.1) is 6.92 Å². The highest BCUT2D eigenvalue weighted by Crippen LogP contribution is 2.28. The van der Waals surface area contributed by atoms with Gasteiger partial charge in [0.15, 0.2) is 0 Å². The molecular formula is C13H16ClNOS. The van der Waals surface area contributed by atoms with E-state index in [-0.39, 0.29) is 18.4 Å². The Bertz CT molecular complexity index is 470. The lowest BCUT2D eigenvalue weighted by molar-refractivity contribution is 0.414. The van der Waals surface area contributed by atoms with Crippen molar-refractivity contribution in [1.82, 2.24) is 0 Å². The zero-order valence-corrected chi connectivity index (χ0v) is 11.5. The van der Waals surface area contributed by atoms with Crippen LogP contribution in [0.5, 0.6) is 5.75 Å². The van der Waals surface area contributed by atoms with Gasteiger partial charge in [-0.15, -0.1) is 23.7 Å². The molecule has 0 fully saturated rings. The van der Waals surface area contributed by atoms with Gasteiger partial charge >= 0.3 is 0 Å². The molecule has 1 atom stereocenters. The first-order chi connectivity index (χ1) is 7.72. The molecule has 1 heterocycles. The molecule has 1 aromatic carbocycles. The van der Waals surface area contributed by atoms with Crippen LogP contribution in [0.15, 0.2) is 35.7 Å². The molecular weight excluding hydrogens is 254 g/mol. The Morgan fingerprint density at radius 2 is 2.06 bits per heavy atom. The molecule has 2 rings (SSSR count). The Morgan fingerprint density at radius 3 is 2.59 bits per heavy atom. The van der Waals surface area contributed by atoms with Crippen molar-refractivity contribution in [1.29, 1.82) is 0 Å². The maximum Gasteiger partial charge on any atom is 0.119 e. The summed E-state index contributed by atoms with van der Waals surface area (Å²) >= 11 is 1.69.